The van der Waals surface area contributed by atoms with Gasteiger partial charge in [-0.15, -0.1) is 0 Å². The van der Waals surface area contributed by atoms with E-state index in [0.29, 0.717) is 6.42 Å². The van der Waals surface area contributed by atoms with Gasteiger partial charge in [0.25, 0.3) is 0 Å². The molecule has 0 spiro atoms. The lowest BCUT2D eigenvalue weighted by Gasteiger charge is -2.48. The van der Waals surface area contributed by atoms with E-state index in [1.54, 1.807) is 6.08 Å². The first kappa shape index (κ1) is 65.3. The van der Waals surface area contributed by atoms with Crippen molar-refractivity contribution in [3.05, 3.63) is 36.5 Å². The summed E-state index contributed by atoms with van der Waals surface area (Å²) in [5, 5.41) is 119. The van der Waals surface area contributed by atoms with Gasteiger partial charge in [-0.3, -0.25) is 4.79 Å². The van der Waals surface area contributed by atoms with Crippen molar-refractivity contribution in [2.45, 2.75) is 272 Å². The lowest BCUT2D eigenvalue weighted by atomic mass is 9.96. The Balaban J connectivity index is 1.46. The van der Waals surface area contributed by atoms with Gasteiger partial charge in [0.1, 0.15) is 73.2 Å². The number of rotatable bonds is 39. The molecule has 19 heteroatoms. The number of hydrogen-bond donors (Lipinski definition) is 12. The first-order valence-electron chi connectivity index (χ1n) is 27.7. The quantitative estimate of drug-likeness (QED) is 0.0310. The van der Waals surface area contributed by atoms with Crippen LogP contribution in [0.1, 0.15) is 168 Å². The lowest BCUT2D eigenvalue weighted by Crippen LogP contribution is -2.66. The molecule has 0 bridgehead atoms. The van der Waals surface area contributed by atoms with Gasteiger partial charge in [0, 0.05) is 6.42 Å². The molecule has 0 aliphatic carbocycles. The smallest absolute Gasteiger partial charge is 0.220 e. The van der Waals surface area contributed by atoms with E-state index in [-0.39, 0.29) is 18.9 Å². The standard InChI is InChI=1S/C54H97NO18/c1-3-5-7-9-11-12-13-14-15-16-17-18-19-20-21-22-23-24-26-28-30-32-42(60)55-37(38(59)31-29-27-25-10-8-6-4-2)36-68-52-48(66)45(63)50(40(34-57)70-52)73-54-49(67)46(64)51(41(35-58)71-54)72-53-47(65)44(62)43(61)39(33-56)69-53/h13-14,16-17,29,31,37-41,43-54,56-59,61-67H,3-12,15,18-28,30,32-36H2,1-2H3,(H,55,60)/b14-13-,17-16-,31-29+. The molecule has 12 N–H and O–H groups in total. The minimum absolute atomic E-state index is 0.237. The molecule has 426 valence electrons. The van der Waals surface area contributed by atoms with Crippen molar-refractivity contribution in [1.29, 1.82) is 0 Å². The third kappa shape index (κ3) is 23.7. The Labute approximate surface area is 434 Å². The molecular formula is C54H97NO18. The fourth-order valence-corrected chi connectivity index (χ4v) is 9.28. The van der Waals surface area contributed by atoms with Crippen LogP contribution in [0.2, 0.25) is 0 Å². The number of carbonyl (C=O) groups is 1. The van der Waals surface area contributed by atoms with Crippen LogP contribution in [0.3, 0.4) is 0 Å². The predicted octanol–water partition coefficient (Wildman–Crippen LogP) is 3.37. The maximum absolute atomic E-state index is 13.2. The molecule has 19 nitrogen and oxygen atoms in total. The zero-order chi connectivity index (χ0) is 53.4. The highest BCUT2D eigenvalue weighted by Gasteiger charge is 2.53. The van der Waals surface area contributed by atoms with E-state index in [0.717, 1.165) is 77.0 Å². The van der Waals surface area contributed by atoms with Gasteiger partial charge in [0.2, 0.25) is 5.91 Å². The number of carbonyl (C=O) groups excluding carboxylic acids is 1. The van der Waals surface area contributed by atoms with Crippen molar-refractivity contribution in [1.82, 2.24) is 5.32 Å². The average molecular weight is 1050 g/mol. The molecule has 17 unspecified atom stereocenters. The van der Waals surface area contributed by atoms with Gasteiger partial charge < -0.3 is 89.9 Å². The molecule has 0 saturated carbocycles. The van der Waals surface area contributed by atoms with Gasteiger partial charge in [-0.25, -0.2) is 0 Å². The summed E-state index contributed by atoms with van der Waals surface area (Å²) in [4.78, 5) is 13.2. The zero-order valence-corrected chi connectivity index (χ0v) is 43.9. The maximum Gasteiger partial charge on any atom is 0.220 e. The monoisotopic (exact) mass is 1050 g/mol. The molecule has 3 aliphatic heterocycles. The van der Waals surface area contributed by atoms with Crippen LogP contribution in [0.5, 0.6) is 0 Å². The Hall–Kier alpha value is -1.99. The molecule has 0 radical (unpaired) electrons. The SMILES string of the molecule is CCCCCCC/C=C\C/C=C\CCCCCCCCCCCC(=O)NC(COC1OC(CO)C(OC2OC(CO)C(OC3OC(CO)C(O)C(O)C3O)C(O)C2O)C(O)C1O)C(O)/C=C/CCCCCCC. The number of hydrogen-bond acceptors (Lipinski definition) is 18. The topological polar surface area (TPSA) is 307 Å². The Morgan fingerprint density at radius 2 is 0.904 bits per heavy atom. The van der Waals surface area contributed by atoms with Gasteiger partial charge in [0.15, 0.2) is 18.9 Å². The molecule has 0 aromatic rings. The third-order valence-corrected chi connectivity index (χ3v) is 13.9. The van der Waals surface area contributed by atoms with Crippen molar-refractivity contribution in [2.75, 3.05) is 26.4 Å². The third-order valence-electron chi connectivity index (χ3n) is 13.9. The largest absolute Gasteiger partial charge is 0.394 e. The van der Waals surface area contributed by atoms with Crippen molar-refractivity contribution in [2.24, 2.45) is 0 Å². The minimum Gasteiger partial charge on any atom is -0.394 e. The fourth-order valence-electron chi connectivity index (χ4n) is 9.28. The molecule has 3 aliphatic rings. The Morgan fingerprint density at radius 1 is 0.493 bits per heavy atom. The molecular weight excluding hydrogens is 951 g/mol. The highest BCUT2D eigenvalue weighted by molar-refractivity contribution is 5.76. The highest BCUT2D eigenvalue weighted by atomic mass is 16.8. The van der Waals surface area contributed by atoms with Crippen LogP contribution in [0.25, 0.3) is 0 Å². The highest BCUT2D eigenvalue weighted by Crippen LogP contribution is 2.33. The van der Waals surface area contributed by atoms with Gasteiger partial charge >= 0.3 is 0 Å². The Kier molecular flexibility index (Phi) is 34.5. The van der Waals surface area contributed by atoms with Gasteiger partial charge in [-0.05, 0) is 51.4 Å². The van der Waals surface area contributed by atoms with E-state index in [1.165, 1.54) is 64.2 Å². The Bertz CT molecular complexity index is 1490. The summed E-state index contributed by atoms with van der Waals surface area (Å²) in [6, 6.07) is -0.971. The van der Waals surface area contributed by atoms with E-state index in [2.05, 4.69) is 43.5 Å². The van der Waals surface area contributed by atoms with Crippen molar-refractivity contribution in [3.8, 4) is 0 Å². The van der Waals surface area contributed by atoms with E-state index in [9.17, 15) is 61.0 Å². The van der Waals surface area contributed by atoms with Crippen molar-refractivity contribution < 1.29 is 89.4 Å². The number of aliphatic hydroxyl groups excluding tert-OH is 11. The van der Waals surface area contributed by atoms with Crippen LogP contribution < -0.4 is 5.32 Å². The van der Waals surface area contributed by atoms with Crippen molar-refractivity contribution >= 4 is 5.91 Å². The van der Waals surface area contributed by atoms with Crippen LogP contribution in [-0.2, 0) is 33.2 Å². The molecule has 0 aromatic heterocycles. The number of aliphatic hydroxyl groups is 11. The van der Waals surface area contributed by atoms with Gasteiger partial charge in [-0.1, -0.05) is 147 Å². The van der Waals surface area contributed by atoms with Gasteiger partial charge in [0.05, 0.1) is 38.6 Å². The molecule has 1 amide bonds. The molecule has 17 atom stereocenters. The number of allylic oxidation sites excluding steroid dienone is 5. The van der Waals surface area contributed by atoms with E-state index in [1.807, 2.05) is 6.08 Å². The molecule has 3 heterocycles. The molecule has 73 heavy (non-hydrogen) atoms. The second-order valence-electron chi connectivity index (χ2n) is 20.0. The van der Waals surface area contributed by atoms with Crippen LogP contribution in [0.4, 0.5) is 0 Å². The summed E-state index contributed by atoms with van der Waals surface area (Å²) < 4.78 is 34.1. The Morgan fingerprint density at radius 3 is 1.40 bits per heavy atom. The molecule has 3 fully saturated rings. The van der Waals surface area contributed by atoms with Crippen molar-refractivity contribution in [3.63, 3.8) is 0 Å². The summed E-state index contributed by atoms with van der Waals surface area (Å²) in [6.45, 7) is 1.61. The molecule has 0 aromatic carbocycles. The van der Waals surface area contributed by atoms with E-state index in [4.69, 9.17) is 28.4 Å². The lowest BCUT2D eigenvalue weighted by molar-refractivity contribution is -0.379. The van der Waals surface area contributed by atoms with Crippen LogP contribution in [0.15, 0.2) is 36.5 Å². The second-order valence-corrected chi connectivity index (χ2v) is 20.0. The number of ether oxygens (including phenoxy) is 6. The van der Waals surface area contributed by atoms with Crippen LogP contribution in [-0.4, -0.2) is 193 Å². The number of unbranched alkanes of at least 4 members (excludes halogenated alkanes) is 19. The van der Waals surface area contributed by atoms with Crippen LogP contribution in [0, 0.1) is 0 Å². The summed E-state index contributed by atoms with van der Waals surface area (Å²) >= 11 is 0. The van der Waals surface area contributed by atoms with Crippen LogP contribution >= 0.6 is 0 Å². The first-order chi connectivity index (χ1) is 35.3. The number of nitrogens with one attached hydrogen (secondary N) is 1. The summed E-state index contributed by atoms with van der Waals surface area (Å²) in [6.07, 6.45) is 11.8. The summed E-state index contributed by atoms with van der Waals surface area (Å²) in [5.41, 5.74) is 0. The molecule has 3 saturated heterocycles. The second kappa shape index (κ2) is 38.5. The molecule has 3 rings (SSSR count). The average Bonchev–Trinajstić information content (AvgIpc) is 3.39. The van der Waals surface area contributed by atoms with E-state index >= 15 is 0 Å². The summed E-state index contributed by atoms with van der Waals surface area (Å²) in [5.74, 6) is -0.287. The predicted molar refractivity (Wildman–Crippen MR) is 272 cm³/mol. The summed E-state index contributed by atoms with van der Waals surface area (Å²) in [7, 11) is 0. The first-order valence-corrected chi connectivity index (χ1v) is 27.7. The van der Waals surface area contributed by atoms with Gasteiger partial charge in [-0.2, -0.15) is 0 Å². The normalized spacial score (nSPS) is 32.0. The van der Waals surface area contributed by atoms with E-state index < -0.39 is 124 Å². The minimum atomic E-state index is -1.98. The zero-order valence-electron chi connectivity index (χ0n) is 43.9. The number of amides is 1. The maximum atomic E-state index is 13.2. The fraction of sp³-hybridized carbons (Fsp3) is 0.870.